The molecule has 0 aromatic carbocycles. The van der Waals surface area contributed by atoms with Gasteiger partial charge < -0.3 is 10.0 Å². The SMILES string of the molecule is O=C(O)c1cnc(N2C[C@@H]3C[C@H]2[C@H]2C[C@@H]32)cn1. The molecule has 5 heteroatoms. The predicted octanol–water partition coefficient (Wildman–Crippen LogP) is 1.02. The largest absolute Gasteiger partial charge is 0.476 e. The third-order valence-electron chi connectivity index (χ3n) is 4.52. The van der Waals surface area contributed by atoms with E-state index in [1.807, 2.05) is 0 Å². The molecule has 1 aliphatic heterocycles. The molecule has 4 atom stereocenters. The van der Waals surface area contributed by atoms with E-state index in [1.165, 1.54) is 19.0 Å². The number of aromatic carboxylic acids is 1. The number of aromatic nitrogens is 2. The summed E-state index contributed by atoms with van der Waals surface area (Å²) in [6.45, 7) is 1.08. The van der Waals surface area contributed by atoms with Crippen LogP contribution in [0.2, 0.25) is 0 Å². The van der Waals surface area contributed by atoms with E-state index >= 15 is 0 Å². The Bertz CT molecular complexity index is 487. The number of fused-ring (bicyclic) bond motifs is 5. The number of anilines is 1. The van der Waals surface area contributed by atoms with Crippen LogP contribution in [0.3, 0.4) is 0 Å². The highest BCUT2D eigenvalue weighted by atomic mass is 16.4. The maximum Gasteiger partial charge on any atom is 0.356 e. The lowest BCUT2D eigenvalue weighted by Gasteiger charge is -2.27. The number of hydrogen-bond acceptors (Lipinski definition) is 4. The van der Waals surface area contributed by atoms with Crippen LogP contribution in [-0.2, 0) is 0 Å². The minimum atomic E-state index is -1.02. The third kappa shape index (κ3) is 1.22. The van der Waals surface area contributed by atoms with Gasteiger partial charge in [-0.05, 0) is 30.6 Å². The van der Waals surface area contributed by atoms with Crippen LogP contribution in [0.25, 0.3) is 0 Å². The summed E-state index contributed by atoms with van der Waals surface area (Å²) in [4.78, 5) is 21.2. The van der Waals surface area contributed by atoms with Crippen LogP contribution >= 0.6 is 0 Å². The minimum absolute atomic E-state index is 0.0161. The number of hydrogen-bond donors (Lipinski definition) is 1. The van der Waals surface area contributed by atoms with Gasteiger partial charge in [-0.2, -0.15) is 0 Å². The Morgan fingerprint density at radius 2 is 2.18 bits per heavy atom. The van der Waals surface area contributed by atoms with Crippen LogP contribution in [0.4, 0.5) is 5.82 Å². The zero-order chi connectivity index (χ0) is 11.6. The van der Waals surface area contributed by atoms with Crippen molar-refractivity contribution in [2.45, 2.75) is 18.9 Å². The Labute approximate surface area is 98.5 Å². The molecular weight excluding hydrogens is 218 g/mol. The third-order valence-corrected chi connectivity index (χ3v) is 4.52. The molecule has 0 amide bonds. The number of rotatable bonds is 2. The van der Waals surface area contributed by atoms with Crippen molar-refractivity contribution in [3.63, 3.8) is 0 Å². The van der Waals surface area contributed by atoms with Crippen molar-refractivity contribution in [3.05, 3.63) is 18.1 Å². The Balaban J connectivity index is 1.61. The summed E-state index contributed by atoms with van der Waals surface area (Å²) in [5.74, 6) is 2.50. The fourth-order valence-electron chi connectivity index (χ4n) is 3.68. The Kier molecular flexibility index (Phi) is 1.64. The van der Waals surface area contributed by atoms with Gasteiger partial charge in [0.05, 0.1) is 12.4 Å². The summed E-state index contributed by atoms with van der Waals surface area (Å²) in [7, 11) is 0. The first kappa shape index (κ1) is 9.39. The van der Waals surface area contributed by atoms with Crippen LogP contribution in [0.15, 0.2) is 12.4 Å². The molecular formula is C12H13N3O2. The molecule has 3 aliphatic rings. The smallest absolute Gasteiger partial charge is 0.356 e. The fraction of sp³-hybridized carbons (Fsp3) is 0.583. The van der Waals surface area contributed by atoms with Gasteiger partial charge in [0.25, 0.3) is 0 Å². The average Bonchev–Trinajstić information content (AvgIpc) is 2.95. The van der Waals surface area contributed by atoms with Gasteiger partial charge in [-0.15, -0.1) is 0 Å². The maximum atomic E-state index is 10.7. The van der Waals surface area contributed by atoms with Gasteiger partial charge >= 0.3 is 5.97 Å². The van der Waals surface area contributed by atoms with Crippen LogP contribution in [0, 0.1) is 17.8 Å². The van der Waals surface area contributed by atoms with Gasteiger partial charge in [-0.3, -0.25) is 0 Å². The van der Waals surface area contributed by atoms with E-state index in [0.29, 0.717) is 6.04 Å². The zero-order valence-electron chi connectivity index (χ0n) is 9.28. The summed E-state index contributed by atoms with van der Waals surface area (Å²) >= 11 is 0. The molecule has 5 nitrogen and oxygen atoms in total. The first-order valence-corrected chi connectivity index (χ1v) is 6.06. The molecule has 4 rings (SSSR count). The molecule has 0 spiro atoms. The maximum absolute atomic E-state index is 10.7. The van der Waals surface area contributed by atoms with Crippen LogP contribution in [-0.4, -0.2) is 33.6 Å². The molecule has 1 N–H and O–H groups in total. The summed E-state index contributed by atoms with van der Waals surface area (Å²) < 4.78 is 0. The lowest BCUT2D eigenvalue weighted by atomic mass is 10.1. The molecule has 1 aromatic heterocycles. The highest BCUT2D eigenvalue weighted by Crippen LogP contribution is 2.61. The second kappa shape index (κ2) is 2.97. The number of carboxylic acids is 1. The number of carboxylic acid groups (broad SMARTS) is 1. The molecule has 3 fully saturated rings. The van der Waals surface area contributed by atoms with E-state index in [4.69, 9.17) is 5.11 Å². The van der Waals surface area contributed by atoms with E-state index in [0.717, 1.165) is 30.1 Å². The van der Waals surface area contributed by atoms with Crippen molar-refractivity contribution in [1.82, 2.24) is 9.97 Å². The summed E-state index contributed by atoms with van der Waals surface area (Å²) in [5, 5.41) is 8.78. The quantitative estimate of drug-likeness (QED) is 0.823. The predicted molar refractivity (Wildman–Crippen MR) is 59.8 cm³/mol. The summed E-state index contributed by atoms with van der Waals surface area (Å²) in [6.07, 6.45) is 5.62. The van der Waals surface area contributed by atoms with E-state index in [2.05, 4.69) is 14.9 Å². The number of carbonyl (C=O) groups is 1. The first-order chi connectivity index (χ1) is 8.24. The molecule has 2 heterocycles. The average molecular weight is 231 g/mol. The van der Waals surface area contributed by atoms with Gasteiger partial charge in [-0.25, -0.2) is 14.8 Å². The Morgan fingerprint density at radius 3 is 2.76 bits per heavy atom. The zero-order valence-corrected chi connectivity index (χ0v) is 9.28. The molecule has 0 unspecified atom stereocenters. The molecule has 2 bridgehead atoms. The second-order valence-corrected chi connectivity index (χ2v) is 5.34. The van der Waals surface area contributed by atoms with Crippen molar-refractivity contribution in [2.75, 3.05) is 11.4 Å². The van der Waals surface area contributed by atoms with E-state index in [9.17, 15) is 4.79 Å². The van der Waals surface area contributed by atoms with Crippen molar-refractivity contribution in [3.8, 4) is 0 Å². The molecule has 1 saturated heterocycles. The standard InChI is InChI=1S/C12H13N3O2/c16-12(17)9-3-14-11(4-13-9)15-5-6-1-10(15)8-2-7(6)8/h3-4,6-8,10H,1-2,5H2,(H,16,17)/t6-,7-,8-,10-/m0/s1. The lowest BCUT2D eigenvalue weighted by molar-refractivity contribution is 0.0690. The highest BCUT2D eigenvalue weighted by Gasteiger charge is 2.60. The summed E-state index contributed by atoms with van der Waals surface area (Å²) in [5.41, 5.74) is 0.0161. The molecule has 17 heavy (non-hydrogen) atoms. The molecule has 0 radical (unpaired) electrons. The highest BCUT2D eigenvalue weighted by molar-refractivity contribution is 5.84. The number of piperidine rings is 1. The van der Waals surface area contributed by atoms with Gasteiger partial charge in [0.1, 0.15) is 5.82 Å². The van der Waals surface area contributed by atoms with Crippen molar-refractivity contribution >= 4 is 11.8 Å². The Morgan fingerprint density at radius 1 is 1.29 bits per heavy atom. The summed E-state index contributed by atoms with van der Waals surface area (Å²) in [6, 6.07) is 0.634. The monoisotopic (exact) mass is 231 g/mol. The molecule has 1 aromatic rings. The van der Waals surface area contributed by atoms with Crippen LogP contribution in [0.5, 0.6) is 0 Å². The minimum Gasteiger partial charge on any atom is -0.476 e. The molecule has 2 aliphatic carbocycles. The van der Waals surface area contributed by atoms with Crippen molar-refractivity contribution < 1.29 is 9.90 Å². The topological polar surface area (TPSA) is 66.3 Å². The first-order valence-electron chi connectivity index (χ1n) is 6.06. The van der Waals surface area contributed by atoms with Gasteiger partial charge in [-0.1, -0.05) is 0 Å². The van der Waals surface area contributed by atoms with Crippen LogP contribution < -0.4 is 4.90 Å². The van der Waals surface area contributed by atoms with E-state index in [1.54, 1.807) is 6.20 Å². The van der Waals surface area contributed by atoms with Gasteiger partial charge in [0, 0.05) is 12.6 Å². The van der Waals surface area contributed by atoms with Gasteiger partial charge in [0.15, 0.2) is 5.69 Å². The number of nitrogens with zero attached hydrogens (tertiary/aromatic N) is 3. The van der Waals surface area contributed by atoms with Crippen molar-refractivity contribution in [2.24, 2.45) is 17.8 Å². The van der Waals surface area contributed by atoms with Crippen molar-refractivity contribution in [1.29, 1.82) is 0 Å². The van der Waals surface area contributed by atoms with Crippen LogP contribution in [0.1, 0.15) is 23.3 Å². The molecule has 88 valence electrons. The second-order valence-electron chi connectivity index (χ2n) is 5.34. The van der Waals surface area contributed by atoms with E-state index in [-0.39, 0.29) is 5.69 Å². The van der Waals surface area contributed by atoms with E-state index < -0.39 is 5.97 Å². The normalized spacial score (nSPS) is 37.1. The van der Waals surface area contributed by atoms with Gasteiger partial charge in [0.2, 0.25) is 0 Å². The lowest BCUT2D eigenvalue weighted by Crippen LogP contribution is -2.34. The fourth-order valence-corrected chi connectivity index (χ4v) is 3.68. The molecule has 2 saturated carbocycles. The Hall–Kier alpha value is -1.65.